The van der Waals surface area contributed by atoms with Crippen molar-refractivity contribution in [2.24, 2.45) is 5.73 Å². The number of anilines is 1. The number of aromatic nitrogens is 2. The highest BCUT2D eigenvalue weighted by Gasteiger charge is 2.19. The zero-order valence-corrected chi connectivity index (χ0v) is 13.8. The van der Waals surface area contributed by atoms with Gasteiger partial charge in [0.2, 0.25) is 0 Å². The lowest BCUT2D eigenvalue weighted by atomic mass is 10.1. The molecule has 2 N–H and O–H groups in total. The Balaban J connectivity index is 1.90. The third-order valence-electron chi connectivity index (χ3n) is 4.39. The molecule has 1 saturated heterocycles. The van der Waals surface area contributed by atoms with Gasteiger partial charge >= 0.3 is 0 Å². The number of ether oxygens (including phenoxy) is 1. The monoisotopic (exact) mass is 312 g/mol. The van der Waals surface area contributed by atoms with Crippen LogP contribution in [-0.2, 0) is 6.42 Å². The SMILES string of the molecule is CCc1nc(-c2cccc(OC)c2)ncc1N1CCC(N)CC1. The fourth-order valence-electron chi connectivity index (χ4n) is 2.98. The van der Waals surface area contributed by atoms with Crippen molar-refractivity contribution in [3.63, 3.8) is 0 Å². The fourth-order valence-corrected chi connectivity index (χ4v) is 2.98. The Morgan fingerprint density at radius 2 is 2.09 bits per heavy atom. The second kappa shape index (κ2) is 6.96. The van der Waals surface area contributed by atoms with Crippen molar-refractivity contribution >= 4 is 5.69 Å². The molecule has 122 valence electrons. The molecule has 0 bridgehead atoms. The minimum absolute atomic E-state index is 0.327. The largest absolute Gasteiger partial charge is 0.497 e. The first-order chi connectivity index (χ1) is 11.2. The molecule has 0 unspecified atom stereocenters. The van der Waals surface area contributed by atoms with E-state index in [-0.39, 0.29) is 0 Å². The van der Waals surface area contributed by atoms with Gasteiger partial charge in [-0.25, -0.2) is 9.97 Å². The minimum atomic E-state index is 0.327. The van der Waals surface area contributed by atoms with E-state index >= 15 is 0 Å². The average molecular weight is 312 g/mol. The van der Waals surface area contributed by atoms with E-state index in [1.54, 1.807) is 7.11 Å². The van der Waals surface area contributed by atoms with E-state index in [0.29, 0.717) is 6.04 Å². The van der Waals surface area contributed by atoms with E-state index in [0.717, 1.165) is 60.9 Å². The smallest absolute Gasteiger partial charge is 0.159 e. The lowest BCUT2D eigenvalue weighted by molar-refractivity contribution is 0.415. The first-order valence-corrected chi connectivity index (χ1v) is 8.22. The predicted octanol–water partition coefficient (Wildman–Crippen LogP) is 2.64. The zero-order valence-electron chi connectivity index (χ0n) is 13.8. The van der Waals surface area contributed by atoms with Crippen LogP contribution < -0.4 is 15.4 Å². The summed E-state index contributed by atoms with van der Waals surface area (Å²) >= 11 is 0. The molecule has 1 aliphatic heterocycles. The van der Waals surface area contributed by atoms with Gasteiger partial charge in [0.25, 0.3) is 0 Å². The Morgan fingerprint density at radius 3 is 2.78 bits per heavy atom. The Bertz CT molecular complexity index is 666. The van der Waals surface area contributed by atoms with E-state index in [1.807, 2.05) is 30.5 Å². The molecule has 1 fully saturated rings. The molecule has 0 saturated carbocycles. The summed E-state index contributed by atoms with van der Waals surface area (Å²) in [6, 6.07) is 8.19. The van der Waals surface area contributed by atoms with Crippen LogP contribution in [0.2, 0.25) is 0 Å². The molecule has 0 aliphatic carbocycles. The van der Waals surface area contributed by atoms with Gasteiger partial charge in [-0.05, 0) is 31.4 Å². The van der Waals surface area contributed by atoms with Crippen LogP contribution in [0.5, 0.6) is 5.75 Å². The van der Waals surface area contributed by atoms with Crippen molar-refractivity contribution in [1.82, 2.24) is 9.97 Å². The molecule has 1 aromatic heterocycles. The molecule has 0 radical (unpaired) electrons. The minimum Gasteiger partial charge on any atom is -0.497 e. The standard InChI is InChI=1S/C18H24N4O/c1-3-16-17(22-9-7-14(19)8-10-22)12-20-18(21-16)13-5-4-6-15(11-13)23-2/h4-6,11-12,14H,3,7-10,19H2,1-2H3. The van der Waals surface area contributed by atoms with Crippen molar-refractivity contribution in [2.75, 3.05) is 25.1 Å². The van der Waals surface area contributed by atoms with Crippen molar-refractivity contribution in [1.29, 1.82) is 0 Å². The van der Waals surface area contributed by atoms with Gasteiger partial charge in [0.1, 0.15) is 5.75 Å². The van der Waals surface area contributed by atoms with E-state index in [1.165, 1.54) is 0 Å². The summed E-state index contributed by atoms with van der Waals surface area (Å²) in [5.74, 6) is 1.57. The maximum absolute atomic E-state index is 6.00. The van der Waals surface area contributed by atoms with Crippen molar-refractivity contribution in [3.05, 3.63) is 36.2 Å². The van der Waals surface area contributed by atoms with Crippen LogP contribution in [0.25, 0.3) is 11.4 Å². The maximum Gasteiger partial charge on any atom is 0.159 e. The van der Waals surface area contributed by atoms with Crippen molar-refractivity contribution in [2.45, 2.75) is 32.2 Å². The summed E-state index contributed by atoms with van der Waals surface area (Å²) in [4.78, 5) is 11.7. The molecule has 1 aromatic carbocycles. The Labute approximate surface area is 137 Å². The van der Waals surface area contributed by atoms with Gasteiger partial charge in [-0.15, -0.1) is 0 Å². The number of rotatable bonds is 4. The molecule has 0 atom stereocenters. The normalized spacial score (nSPS) is 15.7. The van der Waals surface area contributed by atoms with Crippen LogP contribution in [0.3, 0.4) is 0 Å². The molecular formula is C18H24N4O. The number of aryl methyl sites for hydroxylation is 1. The Kier molecular flexibility index (Phi) is 4.76. The molecule has 2 aromatic rings. The summed E-state index contributed by atoms with van der Waals surface area (Å²) < 4.78 is 5.29. The molecule has 1 aliphatic rings. The predicted molar refractivity (Wildman–Crippen MR) is 92.8 cm³/mol. The van der Waals surface area contributed by atoms with Gasteiger partial charge in [0.05, 0.1) is 24.7 Å². The van der Waals surface area contributed by atoms with Crippen LogP contribution in [0.4, 0.5) is 5.69 Å². The number of hydrogen-bond acceptors (Lipinski definition) is 5. The maximum atomic E-state index is 6.00. The van der Waals surface area contributed by atoms with Gasteiger partial charge in [0.15, 0.2) is 5.82 Å². The fraction of sp³-hybridized carbons (Fsp3) is 0.444. The van der Waals surface area contributed by atoms with E-state index in [2.05, 4.69) is 16.8 Å². The Hall–Kier alpha value is -2.14. The van der Waals surface area contributed by atoms with Crippen LogP contribution >= 0.6 is 0 Å². The summed E-state index contributed by atoms with van der Waals surface area (Å²) in [5, 5.41) is 0. The summed E-state index contributed by atoms with van der Waals surface area (Å²) in [5.41, 5.74) is 9.22. The van der Waals surface area contributed by atoms with Crippen molar-refractivity contribution in [3.8, 4) is 17.1 Å². The van der Waals surface area contributed by atoms with Crippen molar-refractivity contribution < 1.29 is 4.74 Å². The molecule has 23 heavy (non-hydrogen) atoms. The van der Waals surface area contributed by atoms with Gasteiger partial charge in [-0.2, -0.15) is 0 Å². The van der Waals surface area contributed by atoms with Gasteiger partial charge in [-0.3, -0.25) is 0 Å². The first kappa shape index (κ1) is 15.7. The first-order valence-electron chi connectivity index (χ1n) is 8.22. The summed E-state index contributed by atoms with van der Waals surface area (Å²) in [6.45, 7) is 4.10. The topological polar surface area (TPSA) is 64.3 Å². The van der Waals surface area contributed by atoms with E-state index in [9.17, 15) is 0 Å². The highest BCUT2D eigenvalue weighted by atomic mass is 16.5. The van der Waals surface area contributed by atoms with Crippen LogP contribution in [0.1, 0.15) is 25.5 Å². The lowest BCUT2D eigenvalue weighted by Crippen LogP contribution is -2.40. The van der Waals surface area contributed by atoms with Crippen LogP contribution in [0.15, 0.2) is 30.5 Å². The zero-order chi connectivity index (χ0) is 16.2. The van der Waals surface area contributed by atoms with E-state index in [4.69, 9.17) is 15.5 Å². The molecule has 5 nitrogen and oxygen atoms in total. The highest BCUT2D eigenvalue weighted by Crippen LogP contribution is 2.26. The summed E-state index contributed by atoms with van der Waals surface area (Å²) in [7, 11) is 1.67. The van der Waals surface area contributed by atoms with E-state index < -0.39 is 0 Å². The molecule has 0 amide bonds. The molecule has 2 heterocycles. The Morgan fingerprint density at radius 1 is 1.30 bits per heavy atom. The second-order valence-electron chi connectivity index (χ2n) is 5.94. The number of methoxy groups -OCH3 is 1. The quantitative estimate of drug-likeness (QED) is 0.940. The number of nitrogens with two attached hydrogens (primary N) is 1. The molecule has 0 spiro atoms. The molecule has 5 heteroatoms. The third-order valence-corrected chi connectivity index (χ3v) is 4.39. The summed E-state index contributed by atoms with van der Waals surface area (Å²) in [6.07, 6.45) is 4.90. The van der Waals surface area contributed by atoms with Crippen LogP contribution in [-0.4, -0.2) is 36.2 Å². The lowest BCUT2D eigenvalue weighted by Gasteiger charge is -2.32. The number of piperidine rings is 1. The van der Waals surface area contributed by atoms with Gasteiger partial charge in [-0.1, -0.05) is 19.1 Å². The number of hydrogen-bond donors (Lipinski definition) is 1. The average Bonchev–Trinajstić information content (AvgIpc) is 2.62. The van der Waals surface area contributed by atoms with Gasteiger partial charge in [0, 0.05) is 24.7 Å². The highest BCUT2D eigenvalue weighted by molar-refractivity contribution is 5.60. The van der Waals surface area contributed by atoms with Crippen LogP contribution in [0, 0.1) is 0 Å². The molecule has 3 rings (SSSR count). The third kappa shape index (κ3) is 3.45. The second-order valence-corrected chi connectivity index (χ2v) is 5.94. The van der Waals surface area contributed by atoms with Gasteiger partial charge < -0.3 is 15.4 Å². The molecular weight excluding hydrogens is 288 g/mol. The number of benzene rings is 1. The number of nitrogens with zero attached hydrogens (tertiary/aromatic N) is 3.